The molecular formula is C8H10N3S+. The van der Waals surface area contributed by atoms with Crippen molar-refractivity contribution in [2.75, 3.05) is 0 Å². The first-order chi connectivity index (χ1) is 5.79. The van der Waals surface area contributed by atoms with Gasteiger partial charge in [-0.3, -0.25) is 0 Å². The molecule has 0 aliphatic rings. The largest absolute Gasteiger partial charge is 0.199 e. The molecule has 1 unspecified atom stereocenters. The number of aromatic nitrogens is 3. The topological polar surface area (TPSA) is 32.6 Å². The molecule has 2 aromatic rings. The van der Waals surface area contributed by atoms with Crippen molar-refractivity contribution in [2.45, 2.75) is 12.3 Å². The molecule has 1 aromatic carbocycles. The highest BCUT2D eigenvalue weighted by Gasteiger charge is 2.13. The maximum atomic E-state index is 4.31. The van der Waals surface area contributed by atoms with E-state index in [1.165, 1.54) is 0 Å². The molecule has 0 saturated heterocycles. The Hall–Kier alpha value is -1.03. The Balaban J connectivity index is 2.70. The molecule has 0 aliphatic heterocycles. The molecule has 1 aromatic heterocycles. The van der Waals surface area contributed by atoms with Crippen LogP contribution >= 0.6 is 12.6 Å². The van der Waals surface area contributed by atoms with Crippen LogP contribution in [0.15, 0.2) is 24.3 Å². The molecule has 12 heavy (non-hydrogen) atoms. The van der Waals surface area contributed by atoms with Gasteiger partial charge in [0.2, 0.25) is 0 Å². The van der Waals surface area contributed by atoms with Crippen molar-refractivity contribution in [2.24, 2.45) is 0 Å². The lowest BCUT2D eigenvalue weighted by Gasteiger charge is -1.94. The molecule has 0 radical (unpaired) electrons. The highest BCUT2D eigenvalue weighted by molar-refractivity contribution is 7.80. The Morgan fingerprint density at radius 1 is 1.50 bits per heavy atom. The van der Waals surface area contributed by atoms with Gasteiger partial charge in [0.1, 0.15) is 0 Å². The van der Waals surface area contributed by atoms with Crippen molar-refractivity contribution in [3.63, 3.8) is 0 Å². The van der Waals surface area contributed by atoms with E-state index >= 15 is 0 Å². The summed E-state index contributed by atoms with van der Waals surface area (Å²) >= 11 is 4.31. The Morgan fingerprint density at radius 3 is 3.00 bits per heavy atom. The highest BCUT2D eigenvalue weighted by atomic mass is 32.1. The van der Waals surface area contributed by atoms with Gasteiger partial charge >= 0.3 is 0 Å². The second kappa shape index (κ2) is 2.79. The lowest BCUT2D eigenvalue weighted by atomic mass is 10.3. The number of benzene rings is 1. The van der Waals surface area contributed by atoms with E-state index in [0.29, 0.717) is 0 Å². The van der Waals surface area contributed by atoms with Crippen LogP contribution in [0.2, 0.25) is 0 Å². The van der Waals surface area contributed by atoms with Crippen LogP contribution in [0.4, 0.5) is 0 Å². The fraction of sp³-hybridized carbons (Fsp3) is 0.250. The summed E-state index contributed by atoms with van der Waals surface area (Å²) in [6.45, 7) is 1.98. The molecule has 0 bridgehead atoms. The van der Waals surface area contributed by atoms with Crippen molar-refractivity contribution in [3.8, 4) is 0 Å². The molecule has 0 saturated carbocycles. The number of para-hydroxylation sites is 2. The zero-order valence-electron chi connectivity index (χ0n) is 6.73. The van der Waals surface area contributed by atoms with Gasteiger partial charge in [0.15, 0.2) is 16.4 Å². The molecule has 0 spiro atoms. The van der Waals surface area contributed by atoms with Gasteiger partial charge in [-0.1, -0.05) is 12.1 Å². The van der Waals surface area contributed by atoms with Gasteiger partial charge in [0, 0.05) is 0 Å². The highest BCUT2D eigenvalue weighted by Crippen LogP contribution is 2.08. The lowest BCUT2D eigenvalue weighted by molar-refractivity contribution is -0.730. The van der Waals surface area contributed by atoms with Gasteiger partial charge in [0.05, 0.1) is 5.21 Å². The summed E-state index contributed by atoms with van der Waals surface area (Å²) in [6, 6.07) is 7.99. The van der Waals surface area contributed by atoms with E-state index < -0.39 is 0 Å². The molecule has 0 fully saturated rings. The number of nitrogens with one attached hydrogen (secondary N) is 1. The number of fused-ring (bicyclic) bond motifs is 1. The van der Waals surface area contributed by atoms with Crippen LogP contribution in [0.1, 0.15) is 12.3 Å². The summed E-state index contributed by atoms with van der Waals surface area (Å²) in [5.41, 5.74) is 2.12. The fourth-order valence-electron chi connectivity index (χ4n) is 1.21. The Morgan fingerprint density at radius 2 is 2.25 bits per heavy atom. The van der Waals surface area contributed by atoms with Crippen molar-refractivity contribution in [1.29, 1.82) is 0 Å². The number of thiol groups is 1. The molecule has 1 atom stereocenters. The summed E-state index contributed by atoms with van der Waals surface area (Å²) < 4.78 is 1.85. The molecule has 1 heterocycles. The summed E-state index contributed by atoms with van der Waals surface area (Å²) in [6.07, 6.45) is 0. The molecular weight excluding hydrogens is 170 g/mol. The van der Waals surface area contributed by atoms with Gasteiger partial charge in [-0.25, -0.2) is 0 Å². The molecule has 2 rings (SSSR count). The van der Waals surface area contributed by atoms with Crippen LogP contribution in [0.25, 0.3) is 11.0 Å². The second-order valence-corrected chi connectivity index (χ2v) is 3.45. The normalized spacial score (nSPS) is 13.5. The maximum absolute atomic E-state index is 4.31. The number of H-pyrrole nitrogens is 1. The van der Waals surface area contributed by atoms with Crippen molar-refractivity contribution in [1.82, 2.24) is 10.3 Å². The average Bonchev–Trinajstić information content (AvgIpc) is 2.47. The predicted molar refractivity (Wildman–Crippen MR) is 50.0 cm³/mol. The van der Waals surface area contributed by atoms with Crippen molar-refractivity contribution in [3.05, 3.63) is 24.3 Å². The van der Waals surface area contributed by atoms with Crippen LogP contribution in [0.3, 0.4) is 0 Å². The minimum absolute atomic E-state index is 0.0983. The third-order valence-corrected chi connectivity index (χ3v) is 2.00. The van der Waals surface area contributed by atoms with Gasteiger partial charge in [-0.2, -0.15) is 0 Å². The Labute approximate surface area is 75.8 Å². The number of aromatic amines is 1. The van der Waals surface area contributed by atoms with E-state index in [0.717, 1.165) is 11.0 Å². The van der Waals surface area contributed by atoms with E-state index in [4.69, 9.17) is 0 Å². The first kappa shape index (κ1) is 7.61. The molecule has 4 heteroatoms. The minimum atomic E-state index is 0.0983. The SMILES string of the molecule is CC(S)[n+]1n[nH]c2ccccc21. The van der Waals surface area contributed by atoms with Crippen LogP contribution in [0.5, 0.6) is 0 Å². The van der Waals surface area contributed by atoms with E-state index in [1.807, 2.05) is 35.9 Å². The third kappa shape index (κ3) is 1.08. The third-order valence-electron chi connectivity index (χ3n) is 1.78. The quantitative estimate of drug-likeness (QED) is 0.503. The van der Waals surface area contributed by atoms with Crippen LogP contribution in [0, 0.1) is 0 Å². The first-order valence-corrected chi connectivity index (χ1v) is 4.33. The van der Waals surface area contributed by atoms with Crippen molar-refractivity contribution < 1.29 is 4.68 Å². The Bertz CT molecular complexity index is 394. The number of nitrogens with zero attached hydrogens (tertiary/aromatic N) is 2. The maximum Gasteiger partial charge on any atom is 0.199 e. The summed E-state index contributed by atoms with van der Waals surface area (Å²) in [7, 11) is 0. The number of hydrogen-bond acceptors (Lipinski definition) is 2. The number of hydrogen-bond donors (Lipinski definition) is 2. The van der Waals surface area contributed by atoms with Crippen LogP contribution in [-0.4, -0.2) is 10.3 Å². The predicted octanol–water partition coefficient (Wildman–Crippen LogP) is 1.30. The fourth-order valence-corrected chi connectivity index (χ4v) is 1.39. The van der Waals surface area contributed by atoms with Gasteiger partial charge in [-0.15, -0.1) is 22.4 Å². The van der Waals surface area contributed by atoms with Gasteiger partial charge < -0.3 is 0 Å². The molecule has 1 N–H and O–H groups in total. The summed E-state index contributed by atoms with van der Waals surface area (Å²) in [5.74, 6) is 0. The Kier molecular flexibility index (Phi) is 1.77. The first-order valence-electron chi connectivity index (χ1n) is 3.82. The standard InChI is InChI=1S/C8H9N3S/c1-6(12)11-8-5-3-2-4-7(8)9-10-11/h2-6,12H,1H3/p+1. The number of rotatable bonds is 1. The minimum Gasteiger partial charge on any atom is -0.143 e. The van der Waals surface area contributed by atoms with Gasteiger partial charge in [-0.05, 0) is 19.1 Å². The van der Waals surface area contributed by atoms with E-state index in [1.54, 1.807) is 0 Å². The molecule has 0 amide bonds. The monoisotopic (exact) mass is 180 g/mol. The van der Waals surface area contributed by atoms with E-state index in [2.05, 4.69) is 22.9 Å². The molecule has 3 nitrogen and oxygen atoms in total. The van der Waals surface area contributed by atoms with Gasteiger partial charge in [0.25, 0.3) is 0 Å². The second-order valence-electron chi connectivity index (χ2n) is 2.71. The smallest absolute Gasteiger partial charge is 0.143 e. The molecule has 0 aliphatic carbocycles. The van der Waals surface area contributed by atoms with Crippen molar-refractivity contribution >= 4 is 23.7 Å². The zero-order valence-corrected chi connectivity index (χ0v) is 7.62. The van der Waals surface area contributed by atoms with Crippen LogP contribution in [-0.2, 0) is 0 Å². The lowest BCUT2D eigenvalue weighted by Crippen LogP contribution is -2.37. The zero-order chi connectivity index (χ0) is 8.55. The molecule has 62 valence electrons. The summed E-state index contributed by atoms with van der Waals surface area (Å²) in [4.78, 5) is 0. The van der Waals surface area contributed by atoms with E-state index in [-0.39, 0.29) is 5.37 Å². The van der Waals surface area contributed by atoms with E-state index in [9.17, 15) is 0 Å². The summed E-state index contributed by atoms with van der Waals surface area (Å²) in [5, 5.41) is 7.14. The van der Waals surface area contributed by atoms with Crippen LogP contribution < -0.4 is 4.68 Å². The average molecular weight is 180 g/mol.